The van der Waals surface area contributed by atoms with Crippen LogP contribution in [0.4, 0.5) is 0 Å². The fraction of sp³-hybridized carbons (Fsp3) is 0.538. The minimum atomic E-state index is 0.290. The van der Waals surface area contributed by atoms with Crippen molar-refractivity contribution in [2.75, 3.05) is 0 Å². The first-order chi connectivity index (χ1) is 7.70. The molecule has 3 heteroatoms. The zero-order valence-electron chi connectivity index (χ0n) is 10.1. The van der Waals surface area contributed by atoms with Crippen molar-refractivity contribution in [3.05, 3.63) is 32.9 Å². The Kier molecular flexibility index (Phi) is 6.31. The van der Waals surface area contributed by atoms with Crippen molar-refractivity contribution >= 4 is 22.6 Å². The first-order valence-corrected chi connectivity index (χ1v) is 6.99. The number of nitrogens with two attached hydrogens (primary N) is 1. The number of benzene rings is 1. The Morgan fingerprint density at radius 2 is 2.12 bits per heavy atom. The van der Waals surface area contributed by atoms with Crippen LogP contribution in [0.2, 0.25) is 0 Å². The SMILES string of the molecule is CCCCCC(NN)c1cccc(C)c1I. The highest BCUT2D eigenvalue weighted by Crippen LogP contribution is 2.26. The standard InChI is InChI=1S/C13H21IN2/c1-3-4-5-9-12(16-15)11-8-6-7-10(2)13(11)14/h6-8,12,16H,3-5,9,15H2,1-2H3. The molecule has 0 aliphatic heterocycles. The minimum Gasteiger partial charge on any atom is -0.271 e. The highest BCUT2D eigenvalue weighted by molar-refractivity contribution is 14.1. The van der Waals surface area contributed by atoms with Gasteiger partial charge in [-0.05, 0) is 47.1 Å². The normalized spacial score (nSPS) is 12.8. The molecular weight excluding hydrogens is 311 g/mol. The monoisotopic (exact) mass is 332 g/mol. The molecule has 0 saturated carbocycles. The van der Waals surface area contributed by atoms with E-state index in [1.54, 1.807) is 0 Å². The summed E-state index contributed by atoms with van der Waals surface area (Å²) in [7, 11) is 0. The number of nitrogens with one attached hydrogen (secondary N) is 1. The third-order valence-corrected chi connectivity index (χ3v) is 4.37. The van der Waals surface area contributed by atoms with Gasteiger partial charge < -0.3 is 0 Å². The number of hydrazine groups is 1. The van der Waals surface area contributed by atoms with Crippen LogP contribution in [0, 0.1) is 10.5 Å². The second-order valence-electron chi connectivity index (χ2n) is 4.19. The maximum absolute atomic E-state index is 5.65. The fourth-order valence-corrected chi connectivity index (χ4v) is 2.60. The molecule has 0 radical (unpaired) electrons. The second-order valence-corrected chi connectivity index (χ2v) is 5.27. The largest absolute Gasteiger partial charge is 0.271 e. The van der Waals surface area contributed by atoms with Gasteiger partial charge in [-0.15, -0.1) is 0 Å². The molecule has 3 N–H and O–H groups in total. The van der Waals surface area contributed by atoms with E-state index < -0.39 is 0 Å². The third kappa shape index (κ3) is 3.71. The Balaban J connectivity index is 2.74. The molecule has 0 aliphatic carbocycles. The van der Waals surface area contributed by atoms with Gasteiger partial charge in [-0.2, -0.15) is 0 Å². The van der Waals surface area contributed by atoms with Crippen LogP contribution in [0.15, 0.2) is 18.2 Å². The van der Waals surface area contributed by atoms with Gasteiger partial charge >= 0.3 is 0 Å². The zero-order valence-corrected chi connectivity index (χ0v) is 12.3. The molecule has 0 bridgehead atoms. The van der Waals surface area contributed by atoms with Crippen LogP contribution in [0.3, 0.4) is 0 Å². The maximum Gasteiger partial charge on any atom is 0.0470 e. The summed E-state index contributed by atoms with van der Waals surface area (Å²) < 4.78 is 1.33. The summed E-state index contributed by atoms with van der Waals surface area (Å²) in [6, 6.07) is 6.71. The van der Waals surface area contributed by atoms with E-state index in [9.17, 15) is 0 Å². The Bertz CT molecular complexity index is 326. The Labute approximate surface area is 112 Å². The molecule has 0 saturated heterocycles. The van der Waals surface area contributed by atoms with Crippen molar-refractivity contribution in [2.45, 2.75) is 45.6 Å². The molecule has 1 atom stereocenters. The topological polar surface area (TPSA) is 38.0 Å². The highest BCUT2D eigenvalue weighted by atomic mass is 127. The summed E-state index contributed by atoms with van der Waals surface area (Å²) in [4.78, 5) is 0. The number of rotatable bonds is 6. The lowest BCUT2D eigenvalue weighted by Gasteiger charge is -2.18. The van der Waals surface area contributed by atoms with E-state index in [2.05, 4.69) is 60.1 Å². The summed E-state index contributed by atoms with van der Waals surface area (Å²) in [5.41, 5.74) is 5.60. The number of aryl methyl sites for hydroxylation is 1. The van der Waals surface area contributed by atoms with Gasteiger partial charge in [0, 0.05) is 9.61 Å². The lowest BCUT2D eigenvalue weighted by atomic mass is 9.99. The molecule has 16 heavy (non-hydrogen) atoms. The summed E-state index contributed by atoms with van der Waals surface area (Å²) in [5, 5.41) is 0. The van der Waals surface area contributed by atoms with Crippen molar-refractivity contribution in [1.29, 1.82) is 0 Å². The van der Waals surface area contributed by atoms with Crippen molar-refractivity contribution < 1.29 is 0 Å². The van der Waals surface area contributed by atoms with Crippen LogP contribution < -0.4 is 11.3 Å². The van der Waals surface area contributed by atoms with Crippen molar-refractivity contribution in [3.8, 4) is 0 Å². The van der Waals surface area contributed by atoms with Crippen LogP contribution in [0.25, 0.3) is 0 Å². The molecule has 90 valence electrons. The van der Waals surface area contributed by atoms with Gasteiger partial charge in [0.1, 0.15) is 0 Å². The number of hydrogen-bond donors (Lipinski definition) is 2. The fourth-order valence-electron chi connectivity index (χ4n) is 1.87. The van der Waals surface area contributed by atoms with E-state index in [0.717, 1.165) is 6.42 Å². The van der Waals surface area contributed by atoms with E-state index in [-0.39, 0.29) is 0 Å². The summed E-state index contributed by atoms with van der Waals surface area (Å²) in [6.45, 7) is 4.37. The zero-order chi connectivity index (χ0) is 12.0. The smallest absolute Gasteiger partial charge is 0.0470 e. The highest BCUT2D eigenvalue weighted by Gasteiger charge is 2.13. The maximum atomic E-state index is 5.65. The average molecular weight is 332 g/mol. The summed E-state index contributed by atoms with van der Waals surface area (Å²) >= 11 is 2.41. The van der Waals surface area contributed by atoms with Gasteiger partial charge in [-0.1, -0.05) is 44.4 Å². The molecule has 2 nitrogen and oxygen atoms in total. The molecule has 1 aromatic carbocycles. The number of halogens is 1. The van der Waals surface area contributed by atoms with Crippen LogP contribution in [-0.4, -0.2) is 0 Å². The van der Waals surface area contributed by atoms with E-state index in [0.29, 0.717) is 6.04 Å². The molecule has 0 aromatic heterocycles. The number of unbranched alkanes of at least 4 members (excludes halogenated alkanes) is 2. The van der Waals surface area contributed by atoms with E-state index in [4.69, 9.17) is 5.84 Å². The first kappa shape index (κ1) is 13.9. The number of hydrogen-bond acceptors (Lipinski definition) is 2. The van der Waals surface area contributed by atoms with Crippen LogP contribution >= 0.6 is 22.6 Å². The molecule has 0 aliphatic rings. The molecule has 1 aromatic rings. The first-order valence-electron chi connectivity index (χ1n) is 5.91. The predicted octanol–water partition coefficient (Wildman–Crippen LogP) is 3.68. The minimum absolute atomic E-state index is 0.290. The van der Waals surface area contributed by atoms with Gasteiger partial charge in [-0.25, -0.2) is 0 Å². The van der Waals surface area contributed by atoms with Gasteiger partial charge in [-0.3, -0.25) is 11.3 Å². The lowest BCUT2D eigenvalue weighted by molar-refractivity contribution is 0.485. The Morgan fingerprint density at radius 3 is 2.75 bits per heavy atom. The molecule has 0 heterocycles. The van der Waals surface area contributed by atoms with E-state index in [1.807, 2.05) is 0 Å². The predicted molar refractivity (Wildman–Crippen MR) is 78.1 cm³/mol. The third-order valence-electron chi connectivity index (χ3n) is 2.89. The molecule has 1 unspecified atom stereocenters. The lowest BCUT2D eigenvalue weighted by Crippen LogP contribution is -2.28. The summed E-state index contributed by atoms with van der Waals surface area (Å²) in [5.74, 6) is 5.65. The molecular formula is C13H21IN2. The molecule has 0 spiro atoms. The van der Waals surface area contributed by atoms with E-state index in [1.165, 1.54) is 34.0 Å². The van der Waals surface area contributed by atoms with Gasteiger partial charge in [0.25, 0.3) is 0 Å². The quantitative estimate of drug-likeness (QED) is 0.361. The average Bonchev–Trinajstić information content (AvgIpc) is 2.29. The van der Waals surface area contributed by atoms with Gasteiger partial charge in [0.15, 0.2) is 0 Å². The molecule has 1 rings (SSSR count). The molecule has 0 amide bonds. The van der Waals surface area contributed by atoms with Crippen LogP contribution in [0.1, 0.15) is 49.8 Å². The Morgan fingerprint density at radius 1 is 1.38 bits per heavy atom. The van der Waals surface area contributed by atoms with Crippen LogP contribution in [-0.2, 0) is 0 Å². The van der Waals surface area contributed by atoms with Crippen LogP contribution in [0.5, 0.6) is 0 Å². The van der Waals surface area contributed by atoms with Gasteiger partial charge in [0.2, 0.25) is 0 Å². The van der Waals surface area contributed by atoms with E-state index >= 15 is 0 Å². The Hall–Kier alpha value is -0.130. The molecule has 0 fully saturated rings. The summed E-state index contributed by atoms with van der Waals surface area (Å²) in [6.07, 6.45) is 4.88. The second kappa shape index (κ2) is 7.25. The van der Waals surface area contributed by atoms with Crippen molar-refractivity contribution in [3.63, 3.8) is 0 Å². The van der Waals surface area contributed by atoms with Crippen molar-refractivity contribution in [2.24, 2.45) is 5.84 Å². The van der Waals surface area contributed by atoms with Gasteiger partial charge in [0.05, 0.1) is 0 Å². The van der Waals surface area contributed by atoms with Crippen molar-refractivity contribution in [1.82, 2.24) is 5.43 Å².